The minimum absolute atomic E-state index is 0.471. The van der Waals surface area contributed by atoms with Gasteiger partial charge in [0.15, 0.2) is 0 Å². The second-order valence-electron chi connectivity index (χ2n) is 6.97. The zero-order valence-corrected chi connectivity index (χ0v) is 17.3. The maximum Gasteiger partial charge on any atom is 0.488 e. The first-order chi connectivity index (χ1) is 14.6. The third-order valence-corrected chi connectivity index (χ3v) is 5.53. The number of furan rings is 2. The number of fused-ring (bicyclic) bond motifs is 6. The number of para-hydroxylation sites is 2. The van der Waals surface area contributed by atoms with Crippen molar-refractivity contribution in [1.29, 1.82) is 0 Å². The van der Waals surface area contributed by atoms with Crippen LogP contribution in [-0.2, 0) is 0 Å². The number of benzene rings is 4. The lowest BCUT2D eigenvalue weighted by Crippen LogP contribution is -2.29. The van der Waals surface area contributed by atoms with Crippen LogP contribution < -0.4 is 5.46 Å². The molecular formula is C24H16BBrO4. The summed E-state index contributed by atoms with van der Waals surface area (Å²) in [6.45, 7) is 0. The summed E-state index contributed by atoms with van der Waals surface area (Å²) in [5.74, 6) is 0. The van der Waals surface area contributed by atoms with Crippen LogP contribution in [0.15, 0.2) is 98.2 Å². The third-order valence-electron chi connectivity index (χ3n) is 5.04. The van der Waals surface area contributed by atoms with E-state index >= 15 is 0 Å². The second-order valence-corrected chi connectivity index (χ2v) is 7.88. The molecule has 0 fully saturated rings. The Balaban J connectivity index is 0.000000130. The predicted octanol–water partition coefficient (Wildman–Crippen LogP) is 5.61. The van der Waals surface area contributed by atoms with Crippen molar-refractivity contribution in [2.75, 3.05) is 0 Å². The molecule has 0 saturated carbocycles. The van der Waals surface area contributed by atoms with Gasteiger partial charge >= 0.3 is 7.12 Å². The zero-order chi connectivity index (χ0) is 20.7. The van der Waals surface area contributed by atoms with Gasteiger partial charge in [-0.25, -0.2) is 0 Å². The Labute approximate surface area is 180 Å². The summed E-state index contributed by atoms with van der Waals surface area (Å²) in [5, 5.41) is 22.5. The van der Waals surface area contributed by atoms with Crippen molar-refractivity contribution >= 4 is 72.4 Å². The Morgan fingerprint density at radius 2 is 1.07 bits per heavy atom. The van der Waals surface area contributed by atoms with Crippen molar-refractivity contribution in [3.05, 3.63) is 89.4 Å². The highest BCUT2D eigenvalue weighted by Crippen LogP contribution is 2.30. The van der Waals surface area contributed by atoms with Crippen molar-refractivity contribution in [3.63, 3.8) is 0 Å². The van der Waals surface area contributed by atoms with E-state index in [1.165, 1.54) is 5.39 Å². The molecule has 6 aromatic rings. The van der Waals surface area contributed by atoms with Crippen LogP contribution in [0.5, 0.6) is 0 Å². The van der Waals surface area contributed by atoms with E-state index in [-0.39, 0.29) is 0 Å². The average Bonchev–Trinajstić information content (AvgIpc) is 3.31. The molecule has 0 aliphatic carbocycles. The molecule has 30 heavy (non-hydrogen) atoms. The molecule has 2 heterocycles. The molecule has 0 unspecified atom stereocenters. The molecule has 4 aromatic carbocycles. The zero-order valence-electron chi connectivity index (χ0n) is 15.7. The summed E-state index contributed by atoms with van der Waals surface area (Å²) < 4.78 is 12.4. The molecule has 0 bridgehead atoms. The van der Waals surface area contributed by atoms with Gasteiger partial charge in [-0.05, 0) is 41.9 Å². The lowest BCUT2D eigenvalue weighted by atomic mass is 9.80. The maximum atomic E-state index is 9.12. The lowest BCUT2D eigenvalue weighted by Gasteiger charge is -1.97. The van der Waals surface area contributed by atoms with Gasteiger partial charge in [-0.3, -0.25) is 0 Å². The van der Waals surface area contributed by atoms with Crippen molar-refractivity contribution in [2.45, 2.75) is 0 Å². The fourth-order valence-electron chi connectivity index (χ4n) is 3.60. The highest BCUT2D eigenvalue weighted by molar-refractivity contribution is 9.10. The summed E-state index contributed by atoms with van der Waals surface area (Å²) in [6.07, 6.45) is 0. The largest absolute Gasteiger partial charge is 0.488 e. The van der Waals surface area contributed by atoms with Gasteiger partial charge in [0.25, 0.3) is 0 Å². The average molecular weight is 459 g/mol. The minimum Gasteiger partial charge on any atom is -0.456 e. The predicted molar refractivity (Wildman–Crippen MR) is 125 cm³/mol. The van der Waals surface area contributed by atoms with Crippen LogP contribution >= 0.6 is 15.9 Å². The molecule has 0 aliphatic heterocycles. The molecule has 6 rings (SSSR count). The molecule has 0 aliphatic rings. The highest BCUT2D eigenvalue weighted by atomic mass is 79.9. The standard InChI is InChI=1S/C12H9BO3.C12H7BrO/c14-13(15)8-5-6-12-10(7-8)9-3-1-2-4-11(9)16-12;13-8-5-6-12-10(7-8)9-3-1-2-4-11(9)14-12/h1-7,14-15H;1-7H. The van der Waals surface area contributed by atoms with E-state index in [2.05, 4.69) is 28.1 Å². The normalized spacial score (nSPS) is 11.2. The van der Waals surface area contributed by atoms with Gasteiger partial charge in [-0.1, -0.05) is 64.5 Å². The van der Waals surface area contributed by atoms with Crippen molar-refractivity contribution < 1.29 is 18.9 Å². The van der Waals surface area contributed by atoms with Crippen molar-refractivity contribution in [1.82, 2.24) is 0 Å². The van der Waals surface area contributed by atoms with Crippen molar-refractivity contribution in [3.8, 4) is 0 Å². The molecule has 0 atom stereocenters. The topological polar surface area (TPSA) is 66.7 Å². The number of halogens is 1. The first-order valence-electron chi connectivity index (χ1n) is 9.44. The molecule has 4 nitrogen and oxygen atoms in total. The molecular weight excluding hydrogens is 443 g/mol. The number of hydrogen-bond donors (Lipinski definition) is 2. The molecule has 2 N–H and O–H groups in total. The van der Waals surface area contributed by atoms with Gasteiger partial charge in [0, 0.05) is 26.0 Å². The van der Waals surface area contributed by atoms with E-state index in [0.29, 0.717) is 5.46 Å². The fraction of sp³-hybridized carbons (Fsp3) is 0. The molecule has 6 heteroatoms. The van der Waals surface area contributed by atoms with E-state index < -0.39 is 7.12 Å². The smallest absolute Gasteiger partial charge is 0.456 e. The first-order valence-corrected chi connectivity index (χ1v) is 10.2. The van der Waals surface area contributed by atoms with Crippen LogP contribution in [0.25, 0.3) is 43.9 Å². The Morgan fingerprint density at radius 3 is 1.67 bits per heavy atom. The van der Waals surface area contributed by atoms with Gasteiger partial charge in [-0.15, -0.1) is 0 Å². The molecule has 0 amide bonds. The molecule has 0 saturated heterocycles. The van der Waals surface area contributed by atoms with Crippen LogP contribution in [0, 0.1) is 0 Å². The lowest BCUT2D eigenvalue weighted by molar-refractivity contribution is 0.426. The Hall–Kier alpha value is -3.06. The molecule has 2 aromatic heterocycles. The van der Waals surface area contributed by atoms with Crippen LogP contribution in [0.2, 0.25) is 0 Å². The van der Waals surface area contributed by atoms with Gasteiger partial charge in [-0.2, -0.15) is 0 Å². The summed E-state index contributed by atoms with van der Waals surface area (Å²) >= 11 is 3.46. The van der Waals surface area contributed by atoms with E-state index in [0.717, 1.165) is 43.0 Å². The van der Waals surface area contributed by atoms with E-state index in [1.54, 1.807) is 18.2 Å². The third kappa shape index (κ3) is 3.39. The van der Waals surface area contributed by atoms with Crippen LogP contribution in [0.3, 0.4) is 0 Å². The fourth-order valence-corrected chi connectivity index (χ4v) is 3.96. The summed E-state index contributed by atoms with van der Waals surface area (Å²) in [4.78, 5) is 0. The summed E-state index contributed by atoms with van der Waals surface area (Å²) in [6, 6.07) is 27.0. The molecule has 0 radical (unpaired) electrons. The van der Waals surface area contributed by atoms with Gasteiger partial charge in [0.05, 0.1) is 0 Å². The monoisotopic (exact) mass is 458 g/mol. The van der Waals surface area contributed by atoms with Gasteiger partial charge < -0.3 is 18.9 Å². The maximum absolute atomic E-state index is 9.12. The number of hydrogen-bond acceptors (Lipinski definition) is 4. The minimum atomic E-state index is -1.45. The molecule has 146 valence electrons. The highest BCUT2D eigenvalue weighted by Gasteiger charge is 2.13. The summed E-state index contributed by atoms with van der Waals surface area (Å²) in [5.41, 5.74) is 3.92. The van der Waals surface area contributed by atoms with Gasteiger partial charge in [0.2, 0.25) is 0 Å². The van der Waals surface area contributed by atoms with Gasteiger partial charge in [0.1, 0.15) is 22.3 Å². The number of rotatable bonds is 1. The first kappa shape index (κ1) is 18.9. The molecule has 0 spiro atoms. The van der Waals surface area contributed by atoms with Crippen LogP contribution in [0.1, 0.15) is 0 Å². The Kier molecular flexibility index (Phi) is 4.83. The van der Waals surface area contributed by atoms with Crippen LogP contribution in [-0.4, -0.2) is 17.2 Å². The van der Waals surface area contributed by atoms with E-state index in [4.69, 9.17) is 18.9 Å². The van der Waals surface area contributed by atoms with E-state index in [9.17, 15) is 0 Å². The van der Waals surface area contributed by atoms with Crippen LogP contribution in [0.4, 0.5) is 0 Å². The van der Waals surface area contributed by atoms with E-state index in [1.807, 2.05) is 54.6 Å². The summed E-state index contributed by atoms with van der Waals surface area (Å²) in [7, 11) is -1.45. The quantitative estimate of drug-likeness (QED) is 0.314. The SMILES string of the molecule is Brc1ccc2oc3ccccc3c2c1.OB(O)c1ccc2oc3ccccc3c2c1. The van der Waals surface area contributed by atoms with Crippen molar-refractivity contribution in [2.24, 2.45) is 0 Å². The second kappa shape index (κ2) is 7.65. The Bertz CT molecular complexity index is 1500. The Morgan fingerprint density at radius 1 is 0.567 bits per heavy atom.